The van der Waals surface area contributed by atoms with Crippen LogP contribution in [0.4, 0.5) is 5.69 Å². The number of nitriles is 1. The average molecular weight is 244 g/mol. The summed E-state index contributed by atoms with van der Waals surface area (Å²) >= 11 is 0. The normalized spacial score (nSPS) is 26.3. The molecule has 1 unspecified atom stereocenters. The van der Waals surface area contributed by atoms with E-state index in [9.17, 15) is 5.26 Å². The van der Waals surface area contributed by atoms with E-state index in [-0.39, 0.29) is 5.60 Å². The lowest BCUT2D eigenvalue weighted by Crippen LogP contribution is -2.49. The minimum absolute atomic E-state index is 0.245. The van der Waals surface area contributed by atoms with Crippen LogP contribution in [0.1, 0.15) is 32.3 Å². The van der Waals surface area contributed by atoms with Gasteiger partial charge in [-0.2, -0.15) is 5.26 Å². The maximum atomic E-state index is 9.54. The van der Waals surface area contributed by atoms with Crippen molar-refractivity contribution in [2.75, 3.05) is 11.9 Å². The first-order valence-corrected chi connectivity index (χ1v) is 6.35. The van der Waals surface area contributed by atoms with Crippen LogP contribution in [0.2, 0.25) is 0 Å². The van der Waals surface area contributed by atoms with Crippen molar-refractivity contribution in [1.82, 2.24) is 0 Å². The molecule has 2 rings (SSSR count). The number of nitrogens with zero attached hydrogens (tertiary/aromatic N) is 1. The molecule has 0 amide bonds. The Labute approximate surface area is 109 Å². The molecule has 0 aliphatic carbocycles. The van der Waals surface area contributed by atoms with Gasteiger partial charge >= 0.3 is 0 Å². The van der Waals surface area contributed by atoms with Crippen molar-refractivity contribution in [2.45, 2.75) is 44.8 Å². The summed E-state index contributed by atoms with van der Waals surface area (Å²) in [6.07, 6.45) is 1.42. The van der Waals surface area contributed by atoms with Crippen LogP contribution in [0.5, 0.6) is 0 Å². The lowest BCUT2D eigenvalue weighted by Gasteiger charge is -2.41. The number of anilines is 1. The molecule has 1 aromatic rings. The Kier molecular flexibility index (Phi) is 3.32. The standard InChI is InChI=1S/C15H20N2O/c1-12-5-4-6-13(9-12)17-15(11-16)7-8-18-14(2,3)10-15/h4-6,9,17H,7-8,10H2,1-3H3. The van der Waals surface area contributed by atoms with Crippen LogP contribution < -0.4 is 5.32 Å². The van der Waals surface area contributed by atoms with Crippen LogP contribution in [0.25, 0.3) is 0 Å². The van der Waals surface area contributed by atoms with Crippen LogP contribution in [0.3, 0.4) is 0 Å². The summed E-state index contributed by atoms with van der Waals surface area (Å²) in [5.74, 6) is 0. The van der Waals surface area contributed by atoms with E-state index in [0.717, 1.165) is 12.1 Å². The topological polar surface area (TPSA) is 45.0 Å². The SMILES string of the molecule is Cc1cccc(NC2(C#N)CCOC(C)(C)C2)c1. The van der Waals surface area contributed by atoms with Gasteiger partial charge in [0, 0.05) is 18.5 Å². The Morgan fingerprint density at radius 2 is 2.17 bits per heavy atom. The zero-order valence-corrected chi connectivity index (χ0v) is 11.3. The second-order valence-electron chi connectivity index (χ2n) is 5.72. The Morgan fingerprint density at radius 1 is 1.39 bits per heavy atom. The van der Waals surface area contributed by atoms with Crippen molar-refractivity contribution >= 4 is 5.69 Å². The van der Waals surface area contributed by atoms with Crippen molar-refractivity contribution in [1.29, 1.82) is 5.26 Å². The molecule has 0 radical (unpaired) electrons. The molecule has 1 N–H and O–H groups in total. The van der Waals surface area contributed by atoms with Crippen LogP contribution in [-0.4, -0.2) is 17.7 Å². The average Bonchev–Trinajstić information content (AvgIpc) is 2.27. The maximum Gasteiger partial charge on any atom is 0.130 e. The highest BCUT2D eigenvalue weighted by atomic mass is 16.5. The molecule has 1 aromatic carbocycles. The third-order valence-corrected chi connectivity index (χ3v) is 3.36. The van der Waals surface area contributed by atoms with E-state index in [1.54, 1.807) is 0 Å². The van der Waals surface area contributed by atoms with Crippen LogP contribution in [-0.2, 0) is 4.74 Å². The molecule has 3 heteroatoms. The number of ether oxygens (including phenoxy) is 1. The van der Waals surface area contributed by atoms with Crippen LogP contribution in [0.15, 0.2) is 24.3 Å². The number of aryl methyl sites for hydroxylation is 1. The third kappa shape index (κ3) is 2.83. The van der Waals surface area contributed by atoms with Gasteiger partial charge in [-0.25, -0.2) is 0 Å². The lowest BCUT2D eigenvalue weighted by atomic mass is 9.82. The summed E-state index contributed by atoms with van der Waals surface area (Å²) in [7, 11) is 0. The first-order chi connectivity index (χ1) is 8.45. The number of nitrogens with one attached hydrogen (secondary N) is 1. The Bertz CT molecular complexity index is 476. The largest absolute Gasteiger partial charge is 0.375 e. The van der Waals surface area contributed by atoms with Crippen molar-refractivity contribution in [3.8, 4) is 6.07 Å². The quantitative estimate of drug-likeness (QED) is 0.868. The predicted octanol–water partition coefficient (Wildman–Crippen LogP) is 3.26. The summed E-state index contributed by atoms with van der Waals surface area (Å²) in [5.41, 5.74) is 1.44. The molecule has 96 valence electrons. The minimum Gasteiger partial charge on any atom is -0.375 e. The molecule has 0 spiro atoms. The van der Waals surface area contributed by atoms with E-state index in [1.807, 2.05) is 26.0 Å². The van der Waals surface area contributed by atoms with E-state index in [1.165, 1.54) is 5.56 Å². The number of benzene rings is 1. The number of rotatable bonds is 2. The molecule has 18 heavy (non-hydrogen) atoms. The molecule has 0 aromatic heterocycles. The molecule has 0 saturated carbocycles. The van der Waals surface area contributed by atoms with E-state index >= 15 is 0 Å². The van der Waals surface area contributed by atoms with Gasteiger partial charge in [0.05, 0.1) is 18.3 Å². The first kappa shape index (κ1) is 12.9. The summed E-state index contributed by atoms with van der Waals surface area (Å²) in [4.78, 5) is 0. The van der Waals surface area contributed by atoms with Gasteiger partial charge in [0.25, 0.3) is 0 Å². The zero-order valence-electron chi connectivity index (χ0n) is 11.3. The van der Waals surface area contributed by atoms with Gasteiger partial charge in [-0.15, -0.1) is 0 Å². The second-order valence-corrected chi connectivity index (χ2v) is 5.72. The van der Waals surface area contributed by atoms with Crippen molar-refractivity contribution < 1.29 is 4.74 Å². The van der Waals surface area contributed by atoms with Gasteiger partial charge in [0.15, 0.2) is 0 Å². The monoisotopic (exact) mass is 244 g/mol. The zero-order chi connectivity index (χ0) is 13.2. The molecule has 1 aliphatic rings. The van der Waals surface area contributed by atoms with Crippen molar-refractivity contribution in [3.63, 3.8) is 0 Å². The molecule has 1 saturated heterocycles. The van der Waals surface area contributed by atoms with Gasteiger partial charge in [0.1, 0.15) is 5.54 Å². The van der Waals surface area contributed by atoms with E-state index in [0.29, 0.717) is 13.0 Å². The van der Waals surface area contributed by atoms with E-state index in [4.69, 9.17) is 4.74 Å². The number of hydrogen-bond acceptors (Lipinski definition) is 3. The van der Waals surface area contributed by atoms with Gasteiger partial charge in [-0.1, -0.05) is 12.1 Å². The molecule has 1 heterocycles. The highest BCUT2D eigenvalue weighted by Crippen LogP contribution is 2.34. The molecule has 3 nitrogen and oxygen atoms in total. The molecular formula is C15H20N2O. The maximum absolute atomic E-state index is 9.54. The summed E-state index contributed by atoms with van der Waals surface area (Å²) < 4.78 is 5.69. The molecular weight excluding hydrogens is 224 g/mol. The predicted molar refractivity (Wildman–Crippen MR) is 72.4 cm³/mol. The van der Waals surface area contributed by atoms with Crippen LogP contribution in [0, 0.1) is 18.3 Å². The lowest BCUT2D eigenvalue weighted by molar-refractivity contribution is -0.0659. The fourth-order valence-electron chi connectivity index (χ4n) is 2.60. The molecule has 1 atom stereocenters. The fourth-order valence-corrected chi connectivity index (χ4v) is 2.60. The van der Waals surface area contributed by atoms with Gasteiger partial charge < -0.3 is 10.1 Å². The van der Waals surface area contributed by atoms with E-state index in [2.05, 4.69) is 30.4 Å². The Morgan fingerprint density at radius 3 is 2.78 bits per heavy atom. The molecule has 0 bridgehead atoms. The molecule has 1 aliphatic heterocycles. The Hall–Kier alpha value is -1.53. The minimum atomic E-state index is -0.518. The number of hydrogen-bond donors (Lipinski definition) is 1. The summed E-state index contributed by atoms with van der Waals surface area (Å²) in [6, 6.07) is 10.6. The fraction of sp³-hybridized carbons (Fsp3) is 0.533. The summed E-state index contributed by atoms with van der Waals surface area (Å²) in [6.45, 7) is 6.75. The highest BCUT2D eigenvalue weighted by Gasteiger charge is 2.41. The van der Waals surface area contributed by atoms with Crippen molar-refractivity contribution in [3.05, 3.63) is 29.8 Å². The summed E-state index contributed by atoms with van der Waals surface area (Å²) in [5, 5.41) is 12.9. The first-order valence-electron chi connectivity index (χ1n) is 6.35. The third-order valence-electron chi connectivity index (χ3n) is 3.36. The molecule has 1 fully saturated rings. The second kappa shape index (κ2) is 4.62. The smallest absolute Gasteiger partial charge is 0.130 e. The van der Waals surface area contributed by atoms with Gasteiger partial charge in [-0.3, -0.25) is 0 Å². The van der Waals surface area contributed by atoms with Crippen LogP contribution >= 0.6 is 0 Å². The Balaban J connectivity index is 2.21. The van der Waals surface area contributed by atoms with Gasteiger partial charge in [-0.05, 0) is 38.5 Å². The van der Waals surface area contributed by atoms with Crippen molar-refractivity contribution in [2.24, 2.45) is 0 Å². The highest BCUT2D eigenvalue weighted by molar-refractivity contribution is 5.50. The van der Waals surface area contributed by atoms with E-state index < -0.39 is 5.54 Å². The van der Waals surface area contributed by atoms with Gasteiger partial charge in [0.2, 0.25) is 0 Å².